The number of nitriles is 1. The van der Waals surface area contributed by atoms with Crippen LogP contribution in [0.25, 0.3) is 5.57 Å². The summed E-state index contributed by atoms with van der Waals surface area (Å²) in [7, 11) is 0. The van der Waals surface area contributed by atoms with Gasteiger partial charge in [0.25, 0.3) is 5.60 Å². The lowest BCUT2D eigenvalue weighted by Gasteiger charge is -2.32. The number of aromatic amines is 1. The van der Waals surface area contributed by atoms with Gasteiger partial charge in [-0.2, -0.15) is 36.8 Å². The van der Waals surface area contributed by atoms with Crippen LogP contribution in [0.15, 0.2) is 24.4 Å². The van der Waals surface area contributed by atoms with Gasteiger partial charge >= 0.3 is 12.4 Å². The number of rotatable bonds is 4. The van der Waals surface area contributed by atoms with Crippen LogP contribution in [0.3, 0.4) is 0 Å². The van der Waals surface area contributed by atoms with Gasteiger partial charge in [-0.05, 0) is 17.3 Å². The maximum atomic E-state index is 14.0. The van der Waals surface area contributed by atoms with Gasteiger partial charge < -0.3 is 10.4 Å². The molecule has 3 N–H and O–H groups in total. The van der Waals surface area contributed by atoms with Crippen molar-refractivity contribution in [1.82, 2.24) is 20.6 Å². The van der Waals surface area contributed by atoms with Crippen molar-refractivity contribution < 1.29 is 35.8 Å². The summed E-state index contributed by atoms with van der Waals surface area (Å²) in [6, 6.07) is 2.30. The molecule has 0 bridgehead atoms. The highest BCUT2D eigenvalue weighted by molar-refractivity contribution is 5.74. The standard InChI is InChI=1S/C13H7F7N6O/c14-8-3-7(11(27,12(15,16)17)13(18,19)20)1-2-9(8)22-5-6(4-21)10-23-25-26-24-10/h1-3,5,22,27H,(H,23,24,25,26). The number of H-pyrrole nitrogens is 1. The van der Waals surface area contributed by atoms with Gasteiger partial charge in [-0.3, -0.25) is 0 Å². The molecule has 2 rings (SSSR count). The van der Waals surface area contributed by atoms with Crippen molar-refractivity contribution in [2.45, 2.75) is 18.0 Å². The molecule has 2 aromatic rings. The molecule has 0 fully saturated rings. The Bertz CT molecular complexity index is 868. The van der Waals surface area contributed by atoms with Gasteiger partial charge in [-0.15, -0.1) is 10.2 Å². The Kier molecular flexibility index (Phi) is 5.09. The van der Waals surface area contributed by atoms with Crippen LogP contribution in [0.5, 0.6) is 0 Å². The van der Waals surface area contributed by atoms with E-state index in [0.29, 0.717) is 6.07 Å². The van der Waals surface area contributed by atoms with Crippen LogP contribution in [0.1, 0.15) is 11.4 Å². The molecule has 0 saturated heterocycles. The highest BCUT2D eigenvalue weighted by Crippen LogP contribution is 2.50. The van der Waals surface area contributed by atoms with Crippen molar-refractivity contribution in [1.29, 1.82) is 5.26 Å². The predicted molar refractivity (Wildman–Crippen MR) is 73.8 cm³/mol. The van der Waals surface area contributed by atoms with Gasteiger partial charge in [-0.1, -0.05) is 6.07 Å². The Balaban J connectivity index is 2.39. The van der Waals surface area contributed by atoms with Crippen molar-refractivity contribution in [3.63, 3.8) is 0 Å². The maximum absolute atomic E-state index is 14.0. The topological polar surface area (TPSA) is 111 Å². The summed E-state index contributed by atoms with van der Waals surface area (Å²) in [6.45, 7) is 0. The van der Waals surface area contributed by atoms with Crippen LogP contribution in [0, 0.1) is 17.1 Å². The number of halogens is 7. The Morgan fingerprint density at radius 1 is 1.19 bits per heavy atom. The van der Waals surface area contributed by atoms with Gasteiger partial charge in [0.1, 0.15) is 17.5 Å². The average Bonchev–Trinajstić information content (AvgIpc) is 3.08. The SMILES string of the molecule is N#CC(=CNc1ccc(C(O)(C(F)(F)F)C(F)(F)F)cc1F)c1nn[nH]n1. The summed E-state index contributed by atoms with van der Waals surface area (Å²) in [5, 5.41) is 32.5. The minimum Gasteiger partial charge on any atom is -0.369 e. The minimum absolute atomic E-state index is 0.114. The van der Waals surface area contributed by atoms with E-state index in [-0.39, 0.29) is 23.5 Å². The molecule has 0 atom stereocenters. The second kappa shape index (κ2) is 6.83. The molecule has 0 aliphatic carbocycles. The molecule has 1 heterocycles. The fourth-order valence-electron chi connectivity index (χ4n) is 1.92. The molecular formula is C13H7F7N6O. The minimum atomic E-state index is -6.14. The van der Waals surface area contributed by atoms with Crippen molar-refractivity contribution in [3.05, 3.63) is 41.6 Å². The van der Waals surface area contributed by atoms with Crippen molar-refractivity contribution in [2.75, 3.05) is 5.32 Å². The third-order valence-corrected chi connectivity index (χ3v) is 3.29. The van der Waals surface area contributed by atoms with Crippen LogP contribution >= 0.6 is 0 Å². The van der Waals surface area contributed by atoms with Gasteiger partial charge in [-0.25, -0.2) is 4.39 Å². The van der Waals surface area contributed by atoms with Crippen molar-refractivity contribution in [2.24, 2.45) is 0 Å². The van der Waals surface area contributed by atoms with E-state index in [1.54, 1.807) is 6.07 Å². The number of allylic oxidation sites excluding steroid dienone is 1. The molecule has 0 spiro atoms. The summed E-state index contributed by atoms with van der Waals surface area (Å²) in [4.78, 5) is 0. The summed E-state index contributed by atoms with van der Waals surface area (Å²) in [6.07, 6.45) is -11.4. The summed E-state index contributed by atoms with van der Waals surface area (Å²) < 4.78 is 90.8. The van der Waals surface area contributed by atoms with E-state index in [0.717, 1.165) is 6.20 Å². The molecule has 27 heavy (non-hydrogen) atoms. The molecular weight excluding hydrogens is 389 g/mol. The van der Waals surface area contributed by atoms with Crippen molar-refractivity contribution in [3.8, 4) is 6.07 Å². The van der Waals surface area contributed by atoms with E-state index in [1.807, 2.05) is 0 Å². The number of nitrogens with zero attached hydrogens (tertiary/aromatic N) is 4. The average molecular weight is 396 g/mol. The van der Waals surface area contributed by atoms with Crippen LogP contribution in [-0.2, 0) is 5.60 Å². The number of nitrogens with one attached hydrogen (secondary N) is 2. The smallest absolute Gasteiger partial charge is 0.369 e. The monoisotopic (exact) mass is 396 g/mol. The lowest BCUT2D eigenvalue weighted by Crippen LogP contribution is -2.53. The molecule has 0 radical (unpaired) electrons. The Hall–Kier alpha value is -3.21. The first-order valence-corrected chi connectivity index (χ1v) is 6.68. The van der Waals surface area contributed by atoms with Gasteiger partial charge in [0.2, 0.25) is 5.82 Å². The van der Waals surface area contributed by atoms with Crippen LogP contribution in [0.4, 0.5) is 36.4 Å². The number of alkyl halides is 6. The zero-order chi connectivity index (χ0) is 20.5. The van der Waals surface area contributed by atoms with Gasteiger partial charge in [0.15, 0.2) is 0 Å². The normalized spacial score (nSPS) is 13.4. The number of hydrogen-bond acceptors (Lipinski definition) is 6. The lowest BCUT2D eigenvalue weighted by molar-refractivity contribution is -0.376. The van der Waals surface area contributed by atoms with Crippen molar-refractivity contribution >= 4 is 11.3 Å². The number of hydrogen-bond donors (Lipinski definition) is 3. The summed E-state index contributed by atoms with van der Waals surface area (Å²) in [5.74, 6) is -1.73. The molecule has 144 valence electrons. The highest BCUT2D eigenvalue weighted by atomic mass is 19.4. The van der Waals surface area contributed by atoms with Crippen LogP contribution in [0.2, 0.25) is 0 Å². The Labute approximate surface area is 145 Å². The fourth-order valence-corrected chi connectivity index (χ4v) is 1.92. The van der Waals surface area contributed by atoms with Gasteiger partial charge in [0, 0.05) is 11.8 Å². The second-order valence-corrected chi connectivity index (χ2v) is 4.95. The number of tetrazole rings is 1. The van der Waals surface area contributed by atoms with Gasteiger partial charge in [0.05, 0.1) is 5.69 Å². The third-order valence-electron chi connectivity index (χ3n) is 3.29. The fraction of sp³-hybridized carbons (Fsp3) is 0.231. The van der Waals surface area contributed by atoms with E-state index >= 15 is 0 Å². The molecule has 0 unspecified atom stereocenters. The Morgan fingerprint density at radius 2 is 1.81 bits per heavy atom. The first-order valence-electron chi connectivity index (χ1n) is 6.68. The molecule has 7 nitrogen and oxygen atoms in total. The second-order valence-electron chi connectivity index (χ2n) is 4.95. The van der Waals surface area contributed by atoms with E-state index in [4.69, 9.17) is 5.26 Å². The number of anilines is 1. The number of aliphatic hydroxyl groups is 1. The number of benzene rings is 1. The maximum Gasteiger partial charge on any atom is 0.430 e. The van der Waals surface area contributed by atoms with E-state index < -0.39 is 35.0 Å². The lowest BCUT2D eigenvalue weighted by atomic mass is 9.92. The quantitative estimate of drug-likeness (QED) is 0.541. The molecule has 14 heteroatoms. The summed E-state index contributed by atoms with van der Waals surface area (Å²) >= 11 is 0. The zero-order valence-electron chi connectivity index (χ0n) is 12.7. The zero-order valence-corrected chi connectivity index (χ0v) is 12.7. The highest BCUT2D eigenvalue weighted by Gasteiger charge is 2.71. The molecule has 0 saturated carbocycles. The first kappa shape index (κ1) is 20.1. The largest absolute Gasteiger partial charge is 0.430 e. The molecule has 1 aromatic heterocycles. The van der Waals surface area contributed by atoms with E-state index in [1.165, 1.54) is 0 Å². The number of aromatic nitrogens is 4. The molecule has 1 aromatic carbocycles. The molecule has 0 amide bonds. The van der Waals surface area contributed by atoms with E-state index in [2.05, 4.69) is 25.9 Å². The predicted octanol–water partition coefficient (Wildman–Crippen LogP) is 2.63. The Morgan fingerprint density at radius 3 is 2.26 bits per heavy atom. The molecule has 0 aliphatic heterocycles. The third kappa shape index (κ3) is 3.67. The first-order chi connectivity index (χ1) is 12.4. The molecule has 0 aliphatic rings. The van der Waals surface area contributed by atoms with Crippen LogP contribution in [-0.4, -0.2) is 38.1 Å². The summed E-state index contributed by atoms with van der Waals surface area (Å²) in [5.41, 5.74) is -7.83. The van der Waals surface area contributed by atoms with E-state index in [9.17, 15) is 35.8 Å². The van der Waals surface area contributed by atoms with Crippen LogP contribution < -0.4 is 5.32 Å².